The van der Waals surface area contributed by atoms with Gasteiger partial charge in [-0.25, -0.2) is 0 Å². The monoisotopic (exact) mass is 376 g/mol. The van der Waals surface area contributed by atoms with Crippen molar-refractivity contribution in [3.05, 3.63) is 12.7 Å². The number of rotatable bonds is 6. The van der Waals surface area contributed by atoms with Crippen LogP contribution in [-0.2, 0) is 4.74 Å². The summed E-state index contributed by atoms with van der Waals surface area (Å²) in [6, 6.07) is 0. The van der Waals surface area contributed by atoms with Crippen LogP contribution in [0.1, 0.15) is 83.5 Å². The van der Waals surface area contributed by atoms with E-state index >= 15 is 0 Å². The summed E-state index contributed by atoms with van der Waals surface area (Å²) in [4.78, 5) is 0. The fourth-order valence-electron chi connectivity index (χ4n) is 6.90. The fourth-order valence-corrected chi connectivity index (χ4v) is 6.90. The third-order valence-corrected chi connectivity index (χ3v) is 8.54. The van der Waals surface area contributed by atoms with Crippen LogP contribution >= 0.6 is 0 Å². The van der Waals surface area contributed by atoms with Gasteiger partial charge in [-0.2, -0.15) is 0 Å². The highest BCUT2D eigenvalue weighted by molar-refractivity contribution is 5.11. The van der Waals surface area contributed by atoms with Gasteiger partial charge in [-0.1, -0.05) is 44.6 Å². The third-order valence-electron chi connectivity index (χ3n) is 8.54. The van der Waals surface area contributed by atoms with E-state index in [9.17, 15) is 10.2 Å². The Morgan fingerprint density at radius 3 is 2.00 bits per heavy atom. The summed E-state index contributed by atoms with van der Waals surface area (Å²) >= 11 is 0. The van der Waals surface area contributed by atoms with Crippen molar-refractivity contribution in [2.45, 2.75) is 101 Å². The van der Waals surface area contributed by atoms with Crippen molar-refractivity contribution in [3.63, 3.8) is 0 Å². The topological polar surface area (TPSA) is 49.7 Å². The number of hydrogen-bond donors (Lipinski definition) is 2. The van der Waals surface area contributed by atoms with Crippen LogP contribution in [0, 0.1) is 29.6 Å². The van der Waals surface area contributed by atoms with E-state index in [1.807, 2.05) is 0 Å². The van der Waals surface area contributed by atoms with Crippen LogP contribution in [0.4, 0.5) is 0 Å². The first kappa shape index (κ1) is 19.9. The molecule has 1 heterocycles. The summed E-state index contributed by atoms with van der Waals surface area (Å²) in [5.41, 5.74) is -0.731. The molecule has 0 aromatic heterocycles. The maximum Gasteiger partial charge on any atom is 0.117 e. The highest BCUT2D eigenvalue weighted by Gasteiger charge is 2.50. The standard InChI is InChI=1S/C24H40O3/c1-2-24(23(26)22(25)11-12-27-24)21-9-7-18(8-10-21)14-20-15-19(16-20)13-17-5-3-4-6-17/h2,17-23,25-26H,1,3-16H2/t18?,19?,20?,21?,22-,23-,24-/m1/s1. The highest BCUT2D eigenvalue weighted by atomic mass is 16.5. The van der Waals surface area contributed by atoms with Crippen LogP contribution in [0.2, 0.25) is 0 Å². The zero-order valence-corrected chi connectivity index (χ0v) is 17.0. The van der Waals surface area contributed by atoms with Crippen LogP contribution in [0.15, 0.2) is 12.7 Å². The fraction of sp³-hybridized carbons (Fsp3) is 0.917. The summed E-state index contributed by atoms with van der Waals surface area (Å²) in [5.74, 6) is 4.22. The second-order valence-corrected chi connectivity index (χ2v) is 10.2. The van der Waals surface area contributed by atoms with Gasteiger partial charge in [0.25, 0.3) is 0 Å². The SMILES string of the molecule is C=C[C@]1(C2CCC(CC3CC(CC4CCCC4)C3)CC2)OCC[C@@H](O)[C@H]1O. The molecule has 0 bridgehead atoms. The number of aliphatic hydroxyl groups is 2. The van der Waals surface area contributed by atoms with Gasteiger partial charge in [-0.15, -0.1) is 6.58 Å². The molecule has 0 amide bonds. The van der Waals surface area contributed by atoms with Crippen molar-refractivity contribution >= 4 is 0 Å². The van der Waals surface area contributed by atoms with Crippen LogP contribution in [0.5, 0.6) is 0 Å². The Labute approximate surface area is 165 Å². The minimum atomic E-state index is -0.826. The van der Waals surface area contributed by atoms with E-state index in [1.165, 1.54) is 64.2 Å². The molecule has 3 heteroatoms. The minimum Gasteiger partial charge on any atom is -0.390 e. The molecule has 4 fully saturated rings. The normalized spacial score (nSPS) is 46.1. The molecule has 0 radical (unpaired) electrons. The van der Waals surface area contributed by atoms with Gasteiger partial charge in [-0.05, 0) is 74.5 Å². The third kappa shape index (κ3) is 4.16. The second-order valence-electron chi connectivity index (χ2n) is 10.2. The Balaban J connectivity index is 1.21. The first-order valence-corrected chi connectivity index (χ1v) is 11.7. The molecule has 3 atom stereocenters. The van der Waals surface area contributed by atoms with Crippen molar-refractivity contribution in [1.29, 1.82) is 0 Å². The first-order chi connectivity index (χ1) is 13.1. The zero-order valence-electron chi connectivity index (χ0n) is 17.0. The Morgan fingerprint density at radius 1 is 0.815 bits per heavy atom. The molecule has 0 spiro atoms. The molecule has 0 aromatic rings. The predicted molar refractivity (Wildman–Crippen MR) is 108 cm³/mol. The van der Waals surface area contributed by atoms with Gasteiger partial charge in [0.1, 0.15) is 11.7 Å². The lowest BCUT2D eigenvalue weighted by molar-refractivity contribution is -0.201. The van der Waals surface area contributed by atoms with Crippen LogP contribution < -0.4 is 0 Å². The molecule has 0 aromatic carbocycles. The lowest BCUT2D eigenvalue weighted by Gasteiger charge is -2.49. The lowest BCUT2D eigenvalue weighted by atomic mass is 9.64. The van der Waals surface area contributed by atoms with Crippen LogP contribution in [0.3, 0.4) is 0 Å². The Bertz CT molecular complexity index is 486. The largest absolute Gasteiger partial charge is 0.390 e. The zero-order chi connectivity index (χ0) is 18.9. The summed E-state index contributed by atoms with van der Waals surface area (Å²) in [6.07, 6.45) is 17.3. The molecule has 4 aliphatic rings. The molecule has 1 aliphatic heterocycles. The van der Waals surface area contributed by atoms with Crippen molar-refractivity contribution in [2.24, 2.45) is 29.6 Å². The van der Waals surface area contributed by atoms with Gasteiger partial charge in [0.2, 0.25) is 0 Å². The van der Waals surface area contributed by atoms with E-state index in [4.69, 9.17) is 4.74 Å². The number of aliphatic hydroxyl groups excluding tert-OH is 2. The summed E-state index contributed by atoms with van der Waals surface area (Å²) in [6.45, 7) is 4.48. The summed E-state index contributed by atoms with van der Waals surface area (Å²) in [5, 5.41) is 20.7. The van der Waals surface area contributed by atoms with Gasteiger partial charge in [0.05, 0.1) is 12.7 Å². The Kier molecular flexibility index (Phi) is 6.31. The summed E-state index contributed by atoms with van der Waals surface area (Å²) in [7, 11) is 0. The van der Waals surface area contributed by atoms with Crippen molar-refractivity contribution in [1.82, 2.24) is 0 Å². The predicted octanol–water partition coefficient (Wildman–Crippen LogP) is 4.86. The average molecular weight is 377 g/mol. The smallest absolute Gasteiger partial charge is 0.117 e. The van der Waals surface area contributed by atoms with Gasteiger partial charge in [0, 0.05) is 0 Å². The highest BCUT2D eigenvalue weighted by Crippen LogP contribution is 2.48. The molecule has 3 nitrogen and oxygen atoms in total. The van der Waals surface area contributed by atoms with Crippen molar-refractivity contribution in [2.75, 3.05) is 6.61 Å². The van der Waals surface area contributed by atoms with E-state index in [0.717, 1.165) is 36.5 Å². The molecule has 0 unspecified atom stereocenters. The molecule has 27 heavy (non-hydrogen) atoms. The van der Waals surface area contributed by atoms with Gasteiger partial charge in [0.15, 0.2) is 0 Å². The number of ether oxygens (including phenoxy) is 1. The van der Waals surface area contributed by atoms with Gasteiger partial charge >= 0.3 is 0 Å². The second kappa shape index (κ2) is 8.55. The average Bonchev–Trinajstić information content (AvgIpc) is 3.16. The molecule has 154 valence electrons. The van der Waals surface area contributed by atoms with E-state index < -0.39 is 17.8 Å². The minimum absolute atomic E-state index is 0.299. The Morgan fingerprint density at radius 2 is 1.41 bits per heavy atom. The molecular weight excluding hydrogens is 336 g/mol. The van der Waals surface area contributed by atoms with Crippen molar-refractivity contribution < 1.29 is 14.9 Å². The number of hydrogen-bond acceptors (Lipinski definition) is 3. The molecule has 3 aliphatic carbocycles. The van der Waals surface area contributed by atoms with E-state index in [0.29, 0.717) is 18.9 Å². The van der Waals surface area contributed by atoms with Gasteiger partial charge < -0.3 is 14.9 Å². The van der Waals surface area contributed by atoms with Crippen LogP contribution in [0.25, 0.3) is 0 Å². The van der Waals surface area contributed by atoms with E-state index in [1.54, 1.807) is 6.08 Å². The molecule has 1 saturated heterocycles. The summed E-state index contributed by atoms with van der Waals surface area (Å²) < 4.78 is 6.03. The lowest BCUT2D eigenvalue weighted by Crippen LogP contribution is -2.58. The quantitative estimate of drug-likeness (QED) is 0.651. The van der Waals surface area contributed by atoms with Crippen molar-refractivity contribution in [3.8, 4) is 0 Å². The maximum atomic E-state index is 10.6. The Hall–Kier alpha value is -0.380. The molecular formula is C24H40O3. The van der Waals surface area contributed by atoms with E-state index in [2.05, 4.69) is 6.58 Å². The van der Waals surface area contributed by atoms with Crippen LogP contribution in [-0.4, -0.2) is 34.6 Å². The molecule has 2 N–H and O–H groups in total. The first-order valence-electron chi connectivity index (χ1n) is 11.7. The van der Waals surface area contributed by atoms with E-state index in [-0.39, 0.29) is 0 Å². The maximum absolute atomic E-state index is 10.6. The molecule has 3 saturated carbocycles. The van der Waals surface area contributed by atoms with Gasteiger partial charge in [-0.3, -0.25) is 0 Å². The molecule has 4 rings (SSSR count).